The first-order valence-electron chi connectivity index (χ1n) is 5.85. The Morgan fingerprint density at radius 1 is 1.28 bits per heavy atom. The van der Waals surface area contributed by atoms with Gasteiger partial charge in [-0.05, 0) is 24.5 Å². The molecule has 1 aromatic rings. The summed E-state index contributed by atoms with van der Waals surface area (Å²) in [6, 6.07) is 8.18. The lowest BCUT2D eigenvalue weighted by Crippen LogP contribution is -2.38. The highest BCUT2D eigenvalue weighted by atomic mass is 28.2. The minimum absolute atomic E-state index is 0.155. The first-order valence-corrected chi connectivity index (χ1v) is 6.75. The molecule has 4 heteroatoms. The zero-order valence-electron chi connectivity index (χ0n) is 11.2. The van der Waals surface area contributed by atoms with Crippen LogP contribution in [0, 0.1) is 0 Å². The van der Waals surface area contributed by atoms with Crippen molar-refractivity contribution in [2.45, 2.75) is 18.8 Å². The van der Waals surface area contributed by atoms with Crippen LogP contribution in [0.25, 0.3) is 6.08 Å². The Bertz CT molecular complexity index is 375. The van der Waals surface area contributed by atoms with Gasteiger partial charge in [0.1, 0.15) is 0 Å². The van der Waals surface area contributed by atoms with Gasteiger partial charge in [0.15, 0.2) is 5.41 Å². The smallest absolute Gasteiger partial charge is 0.304 e. The molecule has 1 rings (SSSR count). The molecule has 0 aliphatic rings. The summed E-state index contributed by atoms with van der Waals surface area (Å²) in [7, 11) is 3.39. The number of benzene rings is 1. The average Bonchev–Trinajstić information content (AvgIpc) is 2.43. The second kappa shape index (κ2) is 7.48. The van der Waals surface area contributed by atoms with Gasteiger partial charge in [-0.25, -0.2) is 0 Å². The monoisotopic (exact) mass is 264 g/mol. The predicted octanol–water partition coefficient (Wildman–Crippen LogP) is 2.47. The third kappa shape index (κ3) is 4.38. The molecule has 2 radical (unpaired) electrons. The Labute approximate surface area is 112 Å². The van der Waals surface area contributed by atoms with E-state index in [9.17, 15) is 0 Å². The summed E-state index contributed by atoms with van der Waals surface area (Å²) in [5, 5.41) is 0. The Balaban J connectivity index is 2.40. The van der Waals surface area contributed by atoms with E-state index in [1.165, 1.54) is 5.56 Å². The zero-order valence-corrected chi connectivity index (χ0v) is 12.2. The van der Waals surface area contributed by atoms with E-state index < -0.39 is 5.41 Å². The number of methoxy groups -OCH3 is 2. The lowest BCUT2D eigenvalue weighted by Gasteiger charge is -2.24. The molecule has 0 saturated heterocycles. The molecule has 0 bridgehead atoms. The van der Waals surface area contributed by atoms with Gasteiger partial charge in [0, 0.05) is 20.8 Å². The second-order valence-electron chi connectivity index (χ2n) is 3.96. The molecule has 0 aliphatic carbocycles. The van der Waals surface area contributed by atoms with Crippen molar-refractivity contribution in [2.24, 2.45) is 0 Å². The van der Waals surface area contributed by atoms with Crippen molar-refractivity contribution in [1.82, 2.24) is 0 Å². The molecule has 3 nitrogen and oxygen atoms in total. The number of hydrogen-bond donors (Lipinski definition) is 0. The summed E-state index contributed by atoms with van der Waals surface area (Å²) in [4.78, 5) is 0. The van der Waals surface area contributed by atoms with Gasteiger partial charge in [0.2, 0.25) is 0 Å². The van der Waals surface area contributed by atoms with Crippen LogP contribution in [-0.2, 0) is 20.3 Å². The van der Waals surface area contributed by atoms with Crippen LogP contribution >= 0.6 is 0 Å². The Morgan fingerprint density at radius 2 is 1.94 bits per heavy atom. The molecule has 0 aromatic heterocycles. The summed E-state index contributed by atoms with van der Waals surface area (Å²) in [6.07, 6.45) is 2.73. The van der Waals surface area contributed by atoms with E-state index in [0.717, 1.165) is 12.0 Å². The Morgan fingerprint density at radius 3 is 2.56 bits per heavy atom. The van der Waals surface area contributed by atoms with Gasteiger partial charge < -0.3 is 13.9 Å². The van der Waals surface area contributed by atoms with Crippen LogP contribution < -0.4 is 0 Å². The van der Waals surface area contributed by atoms with Crippen LogP contribution in [-0.4, -0.2) is 36.0 Å². The standard InChI is InChI=1S/C14H20O3Si/c1-5-12-8-6-7-9-13(12)10-11-17-18-14(2,15-3)16-4/h5-9H,1,10-11H2,2-4H3. The van der Waals surface area contributed by atoms with Gasteiger partial charge in [0.05, 0.1) is 0 Å². The summed E-state index contributed by atoms with van der Waals surface area (Å²) >= 11 is 0. The predicted molar refractivity (Wildman–Crippen MR) is 74.4 cm³/mol. The van der Waals surface area contributed by atoms with Gasteiger partial charge in [-0.2, -0.15) is 0 Å². The lowest BCUT2D eigenvalue weighted by molar-refractivity contribution is -0.138. The molecule has 18 heavy (non-hydrogen) atoms. The van der Waals surface area contributed by atoms with Crippen molar-refractivity contribution in [3.63, 3.8) is 0 Å². The van der Waals surface area contributed by atoms with E-state index in [0.29, 0.717) is 6.61 Å². The number of ether oxygens (including phenoxy) is 2. The molecule has 0 heterocycles. The summed E-state index contributed by atoms with van der Waals surface area (Å²) < 4.78 is 16.1. The van der Waals surface area contributed by atoms with E-state index in [4.69, 9.17) is 13.9 Å². The Kier molecular flexibility index (Phi) is 6.28. The van der Waals surface area contributed by atoms with E-state index in [-0.39, 0.29) is 9.76 Å². The van der Waals surface area contributed by atoms with E-state index in [1.54, 1.807) is 14.2 Å². The van der Waals surface area contributed by atoms with Gasteiger partial charge in [0.25, 0.3) is 0 Å². The van der Waals surface area contributed by atoms with Crippen molar-refractivity contribution >= 4 is 15.8 Å². The quantitative estimate of drug-likeness (QED) is 0.410. The molecule has 0 amide bonds. The average molecular weight is 264 g/mol. The molecule has 1 aromatic carbocycles. The van der Waals surface area contributed by atoms with Crippen molar-refractivity contribution in [2.75, 3.05) is 20.8 Å². The third-order valence-corrected chi connectivity index (χ3v) is 3.91. The molecule has 0 spiro atoms. The summed E-state index contributed by atoms with van der Waals surface area (Å²) in [5.41, 5.74) is 1.76. The topological polar surface area (TPSA) is 27.7 Å². The van der Waals surface area contributed by atoms with Gasteiger partial charge in [-0.3, -0.25) is 0 Å². The van der Waals surface area contributed by atoms with Gasteiger partial charge in [-0.1, -0.05) is 36.9 Å². The molecule has 0 N–H and O–H groups in total. The van der Waals surface area contributed by atoms with Gasteiger partial charge >= 0.3 is 9.76 Å². The SMILES string of the molecule is C=Cc1ccccc1CCO[Si]C(C)(OC)OC. The fraction of sp³-hybridized carbons (Fsp3) is 0.429. The highest BCUT2D eigenvalue weighted by molar-refractivity contribution is 6.30. The molecular weight excluding hydrogens is 244 g/mol. The molecule has 0 unspecified atom stereocenters. The maximum atomic E-state index is 5.63. The molecule has 0 atom stereocenters. The Hall–Kier alpha value is -0.943. The van der Waals surface area contributed by atoms with Crippen LogP contribution in [0.2, 0.25) is 0 Å². The molecule has 0 saturated carbocycles. The van der Waals surface area contributed by atoms with E-state index in [1.807, 2.05) is 25.1 Å². The van der Waals surface area contributed by atoms with Crippen LogP contribution in [0.3, 0.4) is 0 Å². The summed E-state index contributed by atoms with van der Waals surface area (Å²) in [6.45, 7) is 6.32. The maximum Gasteiger partial charge on any atom is 0.304 e. The fourth-order valence-electron chi connectivity index (χ4n) is 1.47. The first-order chi connectivity index (χ1) is 8.65. The normalized spacial score (nSPS) is 11.5. The summed E-state index contributed by atoms with van der Waals surface area (Å²) in [5.74, 6) is 0. The maximum absolute atomic E-state index is 5.63. The van der Waals surface area contributed by atoms with E-state index in [2.05, 4.69) is 18.7 Å². The van der Waals surface area contributed by atoms with Crippen LogP contribution in [0.4, 0.5) is 0 Å². The molecule has 0 aliphatic heterocycles. The van der Waals surface area contributed by atoms with Gasteiger partial charge in [-0.15, -0.1) is 0 Å². The van der Waals surface area contributed by atoms with E-state index >= 15 is 0 Å². The number of hydrogen-bond acceptors (Lipinski definition) is 3. The largest absolute Gasteiger partial charge is 0.412 e. The highest BCUT2D eigenvalue weighted by Crippen LogP contribution is 2.12. The fourth-order valence-corrected chi connectivity index (χ4v) is 2.10. The lowest BCUT2D eigenvalue weighted by atomic mass is 10.1. The number of rotatable bonds is 8. The van der Waals surface area contributed by atoms with Crippen molar-refractivity contribution in [3.8, 4) is 0 Å². The van der Waals surface area contributed by atoms with Crippen LogP contribution in [0.1, 0.15) is 18.1 Å². The second-order valence-corrected chi connectivity index (χ2v) is 5.36. The molecular formula is C14H20O3Si. The van der Waals surface area contributed by atoms with Crippen molar-refractivity contribution in [1.29, 1.82) is 0 Å². The highest BCUT2D eigenvalue weighted by Gasteiger charge is 2.25. The zero-order chi connectivity index (χ0) is 13.4. The van der Waals surface area contributed by atoms with Crippen LogP contribution in [0.15, 0.2) is 30.8 Å². The minimum Gasteiger partial charge on any atom is -0.412 e. The van der Waals surface area contributed by atoms with Crippen molar-refractivity contribution in [3.05, 3.63) is 42.0 Å². The van der Waals surface area contributed by atoms with Crippen molar-refractivity contribution < 1.29 is 13.9 Å². The molecule has 98 valence electrons. The van der Waals surface area contributed by atoms with Crippen LogP contribution in [0.5, 0.6) is 0 Å². The minimum atomic E-state index is -0.641. The third-order valence-electron chi connectivity index (χ3n) is 2.79. The first kappa shape index (κ1) is 15.1. The molecule has 0 fully saturated rings.